The van der Waals surface area contributed by atoms with Crippen molar-refractivity contribution in [3.63, 3.8) is 0 Å². The number of nitrogens with one attached hydrogen (secondary N) is 2. The third-order valence-electron chi connectivity index (χ3n) is 4.16. The van der Waals surface area contributed by atoms with E-state index in [1.54, 1.807) is 0 Å². The van der Waals surface area contributed by atoms with Crippen LogP contribution in [-0.4, -0.2) is 25.0 Å². The van der Waals surface area contributed by atoms with Gasteiger partial charge in [0.1, 0.15) is 0 Å². The van der Waals surface area contributed by atoms with Crippen LogP contribution in [0.4, 0.5) is 0 Å². The molecule has 124 valence electrons. The van der Waals surface area contributed by atoms with Crippen molar-refractivity contribution in [3.05, 3.63) is 35.4 Å². The molecule has 2 N–H and O–H groups in total. The van der Waals surface area contributed by atoms with Gasteiger partial charge in [-0.1, -0.05) is 45.0 Å². The Kier molecular flexibility index (Phi) is 7.37. The maximum Gasteiger partial charge on any atom is 0.220 e. The molecular formula is C18H29ClN2O. The molecule has 0 saturated carbocycles. The quantitative estimate of drug-likeness (QED) is 0.893. The minimum Gasteiger partial charge on any atom is -0.353 e. The molecule has 0 spiro atoms. The first-order chi connectivity index (χ1) is 9.95. The van der Waals surface area contributed by atoms with Crippen LogP contribution >= 0.6 is 12.4 Å². The molecule has 1 saturated heterocycles. The van der Waals surface area contributed by atoms with Gasteiger partial charge < -0.3 is 10.6 Å². The molecular weight excluding hydrogens is 296 g/mol. The van der Waals surface area contributed by atoms with E-state index >= 15 is 0 Å². The predicted molar refractivity (Wildman–Crippen MR) is 94.7 cm³/mol. The number of piperidine rings is 1. The summed E-state index contributed by atoms with van der Waals surface area (Å²) in [6.45, 7) is 8.68. The zero-order valence-corrected chi connectivity index (χ0v) is 14.8. The molecule has 3 nitrogen and oxygen atoms in total. The minimum absolute atomic E-state index is 0. The number of rotatable bonds is 4. The average molecular weight is 325 g/mol. The fraction of sp³-hybridized carbons (Fsp3) is 0.611. The lowest BCUT2D eigenvalue weighted by Crippen LogP contribution is -2.42. The van der Waals surface area contributed by atoms with Gasteiger partial charge in [-0.15, -0.1) is 12.4 Å². The van der Waals surface area contributed by atoms with Gasteiger partial charge >= 0.3 is 0 Å². The van der Waals surface area contributed by atoms with Crippen LogP contribution in [0.5, 0.6) is 0 Å². The molecule has 1 aromatic carbocycles. The fourth-order valence-corrected chi connectivity index (χ4v) is 2.70. The maximum atomic E-state index is 12.0. The van der Waals surface area contributed by atoms with Crippen LogP contribution in [0.3, 0.4) is 0 Å². The summed E-state index contributed by atoms with van der Waals surface area (Å²) in [5.41, 5.74) is 2.76. The summed E-state index contributed by atoms with van der Waals surface area (Å²) in [6, 6.07) is 9.03. The number of aryl methyl sites for hydroxylation is 1. The standard InChI is InChI=1S/C18H28N2O.ClH/c1-18(2,3)15-7-4-14(5-8-15)6-9-17(21)20-16-10-12-19-13-11-16;/h4-5,7-8,16,19H,6,9-13H2,1-3H3,(H,20,21);1H. The Labute approximate surface area is 140 Å². The molecule has 1 aromatic rings. The fourth-order valence-electron chi connectivity index (χ4n) is 2.70. The van der Waals surface area contributed by atoms with Gasteiger partial charge in [0.15, 0.2) is 0 Å². The number of hydrogen-bond donors (Lipinski definition) is 2. The highest BCUT2D eigenvalue weighted by atomic mass is 35.5. The lowest BCUT2D eigenvalue weighted by atomic mass is 9.86. The zero-order chi connectivity index (χ0) is 15.3. The predicted octanol–water partition coefficient (Wildman–Crippen LogP) is 3.21. The van der Waals surface area contributed by atoms with Gasteiger partial charge in [-0.25, -0.2) is 0 Å². The Morgan fingerprint density at radius 1 is 1.18 bits per heavy atom. The average Bonchev–Trinajstić information content (AvgIpc) is 2.46. The normalized spacial score (nSPS) is 16.0. The van der Waals surface area contributed by atoms with Crippen LogP contribution in [-0.2, 0) is 16.6 Å². The van der Waals surface area contributed by atoms with Crippen LogP contribution in [0.25, 0.3) is 0 Å². The molecule has 0 aliphatic carbocycles. The Morgan fingerprint density at radius 3 is 2.32 bits per heavy atom. The third kappa shape index (κ3) is 5.98. The Morgan fingerprint density at radius 2 is 1.77 bits per heavy atom. The SMILES string of the molecule is CC(C)(C)c1ccc(CCC(=O)NC2CCNCC2)cc1.Cl. The Bertz CT molecular complexity index is 459. The van der Waals surface area contributed by atoms with E-state index in [1.165, 1.54) is 11.1 Å². The first kappa shape index (κ1) is 19.0. The molecule has 0 unspecified atom stereocenters. The van der Waals surface area contributed by atoms with Gasteiger partial charge in [0.25, 0.3) is 0 Å². The topological polar surface area (TPSA) is 41.1 Å². The van der Waals surface area contributed by atoms with Crippen molar-refractivity contribution >= 4 is 18.3 Å². The molecule has 0 bridgehead atoms. The van der Waals surface area contributed by atoms with E-state index in [9.17, 15) is 4.79 Å². The van der Waals surface area contributed by atoms with E-state index in [1.807, 2.05) is 0 Å². The van der Waals surface area contributed by atoms with Crippen molar-refractivity contribution in [2.45, 2.75) is 57.9 Å². The highest BCUT2D eigenvalue weighted by Crippen LogP contribution is 2.22. The van der Waals surface area contributed by atoms with Crippen molar-refractivity contribution in [2.75, 3.05) is 13.1 Å². The van der Waals surface area contributed by atoms with Gasteiger partial charge in [-0.05, 0) is 48.9 Å². The molecule has 0 atom stereocenters. The zero-order valence-electron chi connectivity index (χ0n) is 13.9. The van der Waals surface area contributed by atoms with Gasteiger partial charge in [-0.2, -0.15) is 0 Å². The van der Waals surface area contributed by atoms with Crippen LogP contribution in [0.1, 0.15) is 51.2 Å². The van der Waals surface area contributed by atoms with Gasteiger partial charge in [-0.3, -0.25) is 4.79 Å². The van der Waals surface area contributed by atoms with Crippen molar-refractivity contribution < 1.29 is 4.79 Å². The van der Waals surface area contributed by atoms with Crippen molar-refractivity contribution in [1.29, 1.82) is 0 Å². The molecule has 4 heteroatoms. The number of benzene rings is 1. The smallest absolute Gasteiger partial charge is 0.220 e. The number of carbonyl (C=O) groups is 1. The van der Waals surface area contributed by atoms with E-state index in [2.05, 4.69) is 55.7 Å². The van der Waals surface area contributed by atoms with Crippen molar-refractivity contribution in [2.24, 2.45) is 0 Å². The van der Waals surface area contributed by atoms with E-state index in [0.717, 1.165) is 32.4 Å². The second-order valence-corrected chi connectivity index (χ2v) is 7.04. The maximum absolute atomic E-state index is 12.0. The first-order valence-corrected chi connectivity index (χ1v) is 8.04. The number of hydrogen-bond acceptors (Lipinski definition) is 2. The van der Waals surface area contributed by atoms with Crippen LogP contribution in [0, 0.1) is 0 Å². The second kappa shape index (κ2) is 8.54. The third-order valence-corrected chi connectivity index (χ3v) is 4.16. The molecule has 1 heterocycles. The molecule has 1 amide bonds. The van der Waals surface area contributed by atoms with Crippen LogP contribution < -0.4 is 10.6 Å². The summed E-state index contributed by atoms with van der Waals surface area (Å²) in [5.74, 6) is 0.182. The summed E-state index contributed by atoms with van der Waals surface area (Å²) in [6.07, 6.45) is 3.50. The van der Waals surface area contributed by atoms with E-state index in [0.29, 0.717) is 12.5 Å². The number of amides is 1. The molecule has 0 aromatic heterocycles. The summed E-state index contributed by atoms with van der Waals surface area (Å²) in [7, 11) is 0. The van der Waals surface area contributed by atoms with Crippen molar-refractivity contribution in [3.8, 4) is 0 Å². The van der Waals surface area contributed by atoms with Crippen LogP contribution in [0.15, 0.2) is 24.3 Å². The van der Waals surface area contributed by atoms with Gasteiger partial charge in [0.2, 0.25) is 5.91 Å². The largest absolute Gasteiger partial charge is 0.353 e. The van der Waals surface area contributed by atoms with Crippen LogP contribution in [0.2, 0.25) is 0 Å². The van der Waals surface area contributed by atoms with Gasteiger partial charge in [0, 0.05) is 12.5 Å². The second-order valence-electron chi connectivity index (χ2n) is 7.04. The monoisotopic (exact) mass is 324 g/mol. The summed E-state index contributed by atoms with van der Waals surface area (Å²) < 4.78 is 0. The molecule has 22 heavy (non-hydrogen) atoms. The molecule has 0 radical (unpaired) electrons. The Balaban J connectivity index is 0.00000242. The lowest BCUT2D eigenvalue weighted by Gasteiger charge is -2.23. The molecule has 2 rings (SSSR count). The molecule has 1 aliphatic rings. The number of carbonyl (C=O) groups excluding carboxylic acids is 1. The van der Waals surface area contributed by atoms with E-state index < -0.39 is 0 Å². The first-order valence-electron chi connectivity index (χ1n) is 8.04. The number of halogens is 1. The minimum atomic E-state index is 0. The Hall–Kier alpha value is -1.06. The van der Waals surface area contributed by atoms with Crippen molar-refractivity contribution in [1.82, 2.24) is 10.6 Å². The summed E-state index contributed by atoms with van der Waals surface area (Å²) in [4.78, 5) is 12.0. The van der Waals surface area contributed by atoms with Gasteiger partial charge in [0.05, 0.1) is 0 Å². The summed E-state index contributed by atoms with van der Waals surface area (Å²) >= 11 is 0. The summed E-state index contributed by atoms with van der Waals surface area (Å²) in [5, 5.41) is 6.46. The lowest BCUT2D eigenvalue weighted by molar-refractivity contribution is -0.121. The molecule has 1 aliphatic heterocycles. The highest BCUT2D eigenvalue weighted by molar-refractivity contribution is 5.85. The van der Waals surface area contributed by atoms with E-state index in [4.69, 9.17) is 0 Å². The van der Waals surface area contributed by atoms with E-state index in [-0.39, 0.29) is 23.7 Å². The highest BCUT2D eigenvalue weighted by Gasteiger charge is 2.15. The molecule has 1 fully saturated rings.